The number of halogens is 1. The molecule has 0 N–H and O–H groups in total. The lowest BCUT2D eigenvalue weighted by molar-refractivity contribution is 0.554. The molecule has 0 aromatic carbocycles. The summed E-state index contributed by atoms with van der Waals surface area (Å²) in [4.78, 5) is 0.649. The molecule has 1 rings (SSSR count). The van der Waals surface area contributed by atoms with Gasteiger partial charge in [-0.1, -0.05) is 29.8 Å². The maximum atomic E-state index is 4.15. The number of aryl methyl sites for hydroxylation is 2. The van der Waals surface area contributed by atoms with Crippen LogP contribution in [0.25, 0.3) is 0 Å². The molecule has 1 atom stereocenters. The molecule has 0 radical (unpaired) electrons. The van der Waals surface area contributed by atoms with Crippen LogP contribution in [-0.4, -0.2) is 14.6 Å². The van der Waals surface area contributed by atoms with E-state index in [0.29, 0.717) is 4.83 Å². The molecule has 0 amide bonds. The zero-order valence-corrected chi connectivity index (χ0v) is 10.8. The summed E-state index contributed by atoms with van der Waals surface area (Å²) >= 11 is 3.70. The summed E-state index contributed by atoms with van der Waals surface area (Å²) in [5.41, 5.74) is 1.33. The Morgan fingerprint density at radius 2 is 2.21 bits per heavy atom. The van der Waals surface area contributed by atoms with Crippen molar-refractivity contribution in [3.05, 3.63) is 18.0 Å². The standard InChI is InChI=1S/C11H19BrN2/c1-9(2)11(12)6-4-5-10-7-8-13-14(10)3/h7-9,11H,4-6H2,1-3H3. The molecule has 80 valence electrons. The predicted octanol–water partition coefficient (Wildman–Crippen LogP) is 3.16. The normalized spacial score (nSPS) is 13.5. The quantitative estimate of drug-likeness (QED) is 0.743. The first-order valence-electron chi connectivity index (χ1n) is 5.22. The van der Waals surface area contributed by atoms with Gasteiger partial charge in [-0.05, 0) is 31.2 Å². The molecule has 3 heteroatoms. The van der Waals surface area contributed by atoms with Crippen LogP contribution in [0.1, 0.15) is 32.4 Å². The molecule has 14 heavy (non-hydrogen) atoms. The fraction of sp³-hybridized carbons (Fsp3) is 0.727. The third-order valence-electron chi connectivity index (χ3n) is 2.56. The molecule has 0 bridgehead atoms. The molecule has 1 heterocycles. The van der Waals surface area contributed by atoms with Gasteiger partial charge in [-0.25, -0.2) is 0 Å². The molecule has 1 aromatic rings. The van der Waals surface area contributed by atoms with Gasteiger partial charge in [-0.3, -0.25) is 4.68 Å². The zero-order valence-electron chi connectivity index (χ0n) is 9.20. The van der Waals surface area contributed by atoms with Gasteiger partial charge >= 0.3 is 0 Å². The van der Waals surface area contributed by atoms with E-state index in [9.17, 15) is 0 Å². The summed E-state index contributed by atoms with van der Waals surface area (Å²) in [6.45, 7) is 4.51. The van der Waals surface area contributed by atoms with E-state index in [4.69, 9.17) is 0 Å². The van der Waals surface area contributed by atoms with Crippen LogP contribution in [0.4, 0.5) is 0 Å². The van der Waals surface area contributed by atoms with Crippen molar-refractivity contribution in [2.24, 2.45) is 13.0 Å². The number of hydrogen-bond acceptors (Lipinski definition) is 1. The first-order chi connectivity index (χ1) is 6.61. The zero-order chi connectivity index (χ0) is 10.6. The molecule has 0 fully saturated rings. The molecule has 0 aliphatic heterocycles. The van der Waals surface area contributed by atoms with Crippen LogP contribution in [-0.2, 0) is 13.5 Å². The fourth-order valence-corrected chi connectivity index (χ4v) is 1.78. The number of rotatable bonds is 5. The lowest BCUT2D eigenvalue weighted by Gasteiger charge is -2.12. The summed E-state index contributed by atoms with van der Waals surface area (Å²) in [6.07, 6.45) is 5.46. The first kappa shape index (κ1) is 11.8. The van der Waals surface area contributed by atoms with Crippen LogP contribution in [0.2, 0.25) is 0 Å². The topological polar surface area (TPSA) is 17.8 Å². The minimum absolute atomic E-state index is 0.649. The third-order valence-corrected chi connectivity index (χ3v) is 4.07. The maximum Gasteiger partial charge on any atom is 0.0492 e. The Kier molecular flexibility index (Phi) is 4.66. The van der Waals surface area contributed by atoms with Gasteiger partial charge in [0.25, 0.3) is 0 Å². The van der Waals surface area contributed by atoms with Crippen molar-refractivity contribution in [3.8, 4) is 0 Å². The molecule has 0 saturated heterocycles. The third kappa shape index (κ3) is 3.45. The van der Waals surface area contributed by atoms with Crippen molar-refractivity contribution in [3.63, 3.8) is 0 Å². The van der Waals surface area contributed by atoms with Crippen molar-refractivity contribution in [1.82, 2.24) is 9.78 Å². The maximum absolute atomic E-state index is 4.15. The summed E-state index contributed by atoms with van der Waals surface area (Å²) in [5, 5.41) is 4.15. The number of nitrogens with zero attached hydrogens (tertiary/aromatic N) is 2. The van der Waals surface area contributed by atoms with Gasteiger partial charge in [0.2, 0.25) is 0 Å². The van der Waals surface area contributed by atoms with E-state index in [2.05, 4.69) is 40.9 Å². The van der Waals surface area contributed by atoms with Crippen molar-refractivity contribution in [1.29, 1.82) is 0 Å². The predicted molar refractivity (Wildman–Crippen MR) is 63.7 cm³/mol. The number of alkyl halides is 1. The number of hydrogen-bond donors (Lipinski definition) is 0. The molecule has 1 unspecified atom stereocenters. The first-order valence-corrected chi connectivity index (χ1v) is 6.13. The molecular weight excluding hydrogens is 240 g/mol. The van der Waals surface area contributed by atoms with Gasteiger partial charge in [-0.2, -0.15) is 5.10 Å². The highest BCUT2D eigenvalue weighted by Crippen LogP contribution is 2.18. The Morgan fingerprint density at radius 3 is 2.71 bits per heavy atom. The van der Waals surface area contributed by atoms with Crippen LogP contribution in [0.3, 0.4) is 0 Å². The summed E-state index contributed by atoms with van der Waals surface area (Å²) in [6, 6.07) is 2.10. The molecule has 2 nitrogen and oxygen atoms in total. The second kappa shape index (κ2) is 5.54. The minimum atomic E-state index is 0.649. The van der Waals surface area contributed by atoms with Gasteiger partial charge in [-0.15, -0.1) is 0 Å². The fourth-order valence-electron chi connectivity index (χ4n) is 1.46. The monoisotopic (exact) mass is 258 g/mol. The van der Waals surface area contributed by atoms with Gasteiger partial charge in [0.1, 0.15) is 0 Å². The Morgan fingerprint density at radius 1 is 1.50 bits per heavy atom. The highest BCUT2D eigenvalue weighted by Gasteiger charge is 2.08. The summed E-state index contributed by atoms with van der Waals surface area (Å²) < 4.78 is 1.96. The average molecular weight is 259 g/mol. The highest BCUT2D eigenvalue weighted by molar-refractivity contribution is 9.09. The smallest absolute Gasteiger partial charge is 0.0492 e. The van der Waals surface area contributed by atoms with E-state index in [1.165, 1.54) is 18.5 Å². The van der Waals surface area contributed by atoms with Crippen LogP contribution in [0.5, 0.6) is 0 Å². The van der Waals surface area contributed by atoms with Crippen molar-refractivity contribution in [2.75, 3.05) is 0 Å². The van der Waals surface area contributed by atoms with E-state index >= 15 is 0 Å². The largest absolute Gasteiger partial charge is 0.273 e. The lowest BCUT2D eigenvalue weighted by Crippen LogP contribution is -2.07. The minimum Gasteiger partial charge on any atom is -0.273 e. The Hall–Kier alpha value is -0.310. The molecule has 0 spiro atoms. The van der Waals surface area contributed by atoms with Crippen molar-refractivity contribution >= 4 is 15.9 Å². The second-order valence-electron chi connectivity index (χ2n) is 4.10. The average Bonchev–Trinajstić information content (AvgIpc) is 2.51. The van der Waals surface area contributed by atoms with E-state index in [0.717, 1.165) is 12.3 Å². The Balaban J connectivity index is 2.25. The van der Waals surface area contributed by atoms with E-state index in [1.54, 1.807) is 0 Å². The van der Waals surface area contributed by atoms with Crippen LogP contribution in [0, 0.1) is 5.92 Å². The Labute approximate surface area is 94.8 Å². The molecule has 0 saturated carbocycles. The molecular formula is C11H19BrN2. The van der Waals surface area contributed by atoms with Gasteiger partial charge in [0.15, 0.2) is 0 Å². The van der Waals surface area contributed by atoms with Gasteiger partial charge < -0.3 is 0 Å². The molecule has 0 aliphatic carbocycles. The van der Waals surface area contributed by atoms with Crippen molar-refractivity contribution in [2.45, 2.75) is 37.9 Å². The number of aromatic nitrogens is 2. The van der Waals surface area contributed by atoms with E-state index in [-0.39, 0.29) is 0 Å². The molecule has 0 aliphatic rings. The van der Waals surface area contributed by atoms with E-state index in [1.807, 2.05) is 17.9 Å². The second-order valence-corrected chi connectivity index (χ2v) is 5.27. The summed E-state index contributed by atoms with van der Waals surface area (Å²) in [5.74, 6) is 0.724. The molecule has 1 aromatic heterocycles. The van der Waals surface area contributed by atoms with Crippen LogP contribution in [0.15, 0.2) is 12.3 Å². The van der Waals surface area contributed by atoms with Gasteiger partial charge in [0, 0.05) is 23.8 Å². The van der Waals surface area contributed by atoms with Crippen LogP contribution < -0.4 is 0 Å². The summed E-state index contributed by atoms with van der Waals surface area (Å²) in [7, 11) is 2.00. The highest BCUT2D eigenvalue weighted by atomic mass is 79.9. The Bertz CT molecular complexity index is 268. The van der Waals surface area contributed by atoms with Crippen LogP contribution >= 0.6 is 15.9 Å². The van der Waals surface area contributed by atoms with E-state index < -0.39 is 0 Å². The van der Waals surface area contributed by atoms with Gasteiger partial charge in [0.05, 0.1) is 0 Å². The van der Waals surface area contributed by atoms with Crippen molar-refractivity contribution < 1.29 is 0 Å². The lowest BCUT2D eigenvalue weighted by atomic mass is 10.0. The SMILES string of the molecule is CC(C)C(Br)CCCc1ccnn1C.